The molecule has 0 spiro atoms. The second-order valence-electron chi connectivity index (χ2n) is 11.1. The van der Waals surface area contributed by atoms with Gasteiger partial charge >= 0.3 is 232 Å². The first-order valence-electron chi connectivity index (χ1n) is 14.2. The van der Waals surface area contributed by atoms with Crippen LogP contribution in [0.15, 0.2) is 41.3 Å². The Kier molecular flexibility index (Phi) is 11.1. The zero-order valence-corrected chi connectivity index (χ0v) is 26.7. The molecule has 0 saturated carbocycles. The van der Waals surface area contributed by atoms with Gasteiger partial charge in [-0.15, -0.1) is 0 Å². The van der Waals surface area contributed by atoms with Crippen LogP contribution in [0.3, 0.4) is 0 Å². The Balaban J connectivity index is 1.48. The van der Waals surface area contributed by atoms with Gasteiger partial charge in [-0.2, -0.15) is 0 Å². The molecular weight excluding hydrogens is 643 g/mol. The van der Waals surface area contributed by atoms with E-state index >= 15 is 8.78 Å². The number of ether oxygens (including phenoxy) is 2. The Morgan fingerprint density at radius 2 is 1.93 bits per heavy atom. The number of aliphatic hydroxyl groups excluding tert-OH is 1. The van der Waals surface area contributed by atoms with Crippen molar-refractivity contribution in [1.29, 1.82) is 0 Å². The summed E-state index contributed by atoms with van der Waals surface area (Å²) < 4.78 is 52.6. The summed E-state index contributed by atoms with van der Waals surface area (Å²) in [6.45, 7) is 4.53. The van der Waals surface area contributed by atoms with Crippen LogP contribution in [0.1, 0.15) is 39.8 Å². The number of nitrogens with zero attached hydrogens (tertiary/aromatic N) is 3. The Labute approximate surface area is 263 Å². The average Bonchev–Trinajstić information content (AvgIpc) is 3.48. The molecule has 4 rings (SSSR count). The molecule has 2 aromatic rings. The van der Waals surface area contributed by atoms with Gasteiger partial charge in [-0.1, -0.05) is 0 Å². The van der Waals surface area contributed by atoms with Crippen molar-refractivity contribution < 1.29 is 46.9 Å². The Morgan fingerprint density at radius 3 is 2.53 bits per heavy atom. The zero-order chi connectivity index (χ0) is 33.1. The van der Waals surface area contributed by atoms with Crippen molar-refractivity contribution in [2.24, 2.45) is 0 Å². The van der Waals surface area contributed by atoms with Crippen LogP contribution in [-0.2, 0) is 23.6 Å². The first-order chi connectivity index (χ1) is 21.1. The van der Waals surface area contributed by atoms with E-state index in [0.29, 0.717) is 16.0 Å². The Hall–Kier alpha value is -2.82. The van der Waals surface area contributed by atoms with Gasteiger partial charge in [0.25, 0.3) is 0 Å². The van der Waals surface area contributed by atoms with Crippen LogP contribution in [0, 0.1) is 0 Å². The molecule has 1 aromatic heterocycles. The monoisotopic (exact) mass is 679 g/mol. The topological polar surface area (TPSA) is 174 Å². The van der Waals surface area contributed by atoms with E-state index in [1.54, 1.807) is 20.9 Å². The van der Waals surface area contributed by atoms with Gasteiger partial charge in [-0.3, -0.25) is 4.90 Å². The van der Waals surface area contributed by atoms with Gasteiger partial charge in [0, 0.05) is 0 Å². The third-order valence-corrected chi connectivity index (χ3v) is 9.27. The average molecular weight is 680 g/mol. The number of nitrogens with one attached hydrogen (secondary N) is 2. The fourth-order valence-corrected chi connectivity index (χ4v) is 6.68. The van der Waals surface area contributed by atoms with Crippen LogP contribution in [0.2, 0.25) is 5.02 Å². The first-order valence-corrected chi connectivity index (χ1v) is 16.3. The molecule has 0 bridgehead atoms. The number of alkyl halides is 2. The molecule has 1 unspecified atom stereocenters. The number of anilines is 1. The van der Waals surface area contributed by atoms with E-state index < -0.39 is 68.9 Å². The summed E-state index contributed by atoms with van der Waals surface area (Å²) in [6, 6.07) is 5.35. The van der Waals surface area contributed by atoms with Crippen LogP contribution in [0.4, 0.5) is 14.6 Å². The number of aromatic nitrogens is 2. The van der Waals surface area contributed by atoms with E-state index in [0.717, 1.165) is 25.2 Å². The third-order valence-electron chi connectivity index (χ3n) is 7.15. The summed E-state index contributed by atoms with van der Waals surface area (Å²) in [5, 5.41) is 15.9. The maximum atomic E-state index is 15.3. The molecule has 14 nitrogen and oxygen atoms in total. The molecule has 3 heterocycles. The molecule has 250 valence electrons. The van der Waals surface area contributed by atoms with Crippen LogP contribution >= 0.6 is 19.7 Å². The summed E-state index contributed by atoms with van der Waals surface area (Å²) >= 11 is 5.91. The standard InChI is InChI=1S/C27H37ClF2N5O9P/c1-15(2)42-24(38)16(3)33-45(40,44-18-9-7-17(28)8-10-18)41-14-20-22(36)27(29,30)25(43-20)35-13-11-21(32-26(35)39)31-23(37)19-6-5-12-34(19)4/h7-11,13,15-16,19-20,22,25,33,36,40,45H,5-6,12,14H2,1-4H3,(H,31,32,37,39)/t16-,19-,20+,22+,25?/m0/s1. The molecule has 2 fully saturated rings. The number of rotatable bonds is 12. The number of likely N-dealkylation sites (tertiary alicyclic amines) is 1. The predicted molar refractivity (Wildman–Crippen MR) is 160 cm³/mol. The summed E-state index contributed by atoms with van der Waals surface area (Å²) in [6.07, 6.45) is -4.58. The van der Waals surface area contributed by atoms with E-state index in [4.69, 9.17) is 30.1 Å². The quantitative estimate of drug-likeness (QED) is 0.191. The summed E-state index contributed by atoms with van der Waals surface area (Å²) in [5.41, 5.74) is -1.16. The number of aliphatic hydroxyl groups is 1. The van der Waals surface area contributed by atoms with Gasteiger partial charge in [-0.25, -0.2) is 0 Å². The van der Waals surface area contributed by atoms with Crippen molar-refractivity contribution in [2.75, 3.05) is 25.5 Å². The number of carbonyl (C=O) groups is 2. The number of hydrogen-bond donors (Lipinski definition) is 4. The predicted octanol–water partition coefficient (Wildman–Crippen LogP) is 2.25. The Morgan fingerprint density at radius 1 is 1.24 bits per heavy atom. The van der Waals surface area contributed by atoms with Crippen molar-refractivity contribution >= 4 is 37.4 Å². The molecule has 2 aliphatic heterocycles. The fourth-order valence-electron chi connectivity index (χ4n) is 4.84. The van der Waals surface area contributed by atoms with Crippen molar-refractivity contribution in [2.45, 2.75) is 76.2 Å². The van der Waals surface area contributed by atoms with Crippen molar-refractivity contribution in [3.8, 4) is 5.75 Å². The van der Waals surface area contributed by atoms with Gasteiger partial charge in [-0.05, 0) is 26.4 Å². The molecule has 18 heteroatoms. The number of halogens is 3. The number of benzene rings is 1. The molecule has 45 heavy (non-hydrogen) atoms. The van der Waals surface area contributed by atoms with E-state index in [1.807, 2.05) is 4.90 Å². The fraction of sp³-hybridized carbons (Fsp3) is 0.556. The molecule has 2 saturated heterocycles. The molecule has 2 aliphatic rings. The van der Waals surface area contributed by atoms with E-state index in [1.165, 1.54) is 31.2 Å². The molecule has 0 radical (unpaired) electrons. The van der Waals surface area contributed by atoms with E-state index in [-0.39, 0.29) is 17.5 Å². The number of esters is 1. The van der Waals surface area contributed by atoms with Crippen molar-refractivity contribution in [3.05, 3.63) is 52.0 Å². The SMILES string of the molecule is CC(C)OC(=O)[C@H](C)N[PH](O)(OC[C@H]1OC(n2ccc(NC(=O)[C@@H]3CCCN3C)nc2=O)C(F)(F)[C@@H]1O)Oc1ccc(Cl)cc1. The normalized spacial score (nSPS) is 24.4. The zero-order valence-electron chi connectivity index (χ0n) is 25.0. The number of hydrogen-bond acceptors (Lipinski definition) is 12. The van der Waals surface area contributed by atoms with Crippen LogP contribution < -0.4 is 20.6 Å². The van der Waals surface area contributed by atoms with Crippen molar-refractivity contribution in [3.63, 3.8) is 0 Å². The second kappa shape index (κ2) is 14.3. The number of amides is 1. The first kappa shape index (κ1) is 35.0. The van der Waals surface area contributed by atoms with Crippen LogP contribution in [0.5, 0.6) is 5.75 Å². The van der Waals surface area contributed by atoms with E-state index in [2.05, 4.69) is 15.4 Å². The van der Waals surface area contributed by atoms with E-state index in [9.17, 15) is 24.4 Å². The second-order valence-corrected chi connectivity index (χ2v) is 13.5. The summed E-state index contributed by atoms with van der Waals surface area (Å²) in [4.78, 5) is 54.5. The molecule has 0 aliphatic carbocycles. The van der Waals surface area contributed by atoms with Gasteiger partial charge in [0.1, 0.15) is 0 Å². The van der Waals surface area contributed by atoms with Gasteiger partial charge < -0.3 is 0 Å². The third kappa shape index (κ3) is 8.51. The number of carbonyl (C=O) groups excluding carboxylic acids is 2. The van der Waals surface area contributed by atoms with Crippen molar-refractivity contribution in [1.82, 2.24) is 19.5 Å². The maximum absolute atomic E-state index is 15.3. The molecule has 4 N–H and O–H groups in total. The molecule has 1 amide bonds. The van der Waals surface area contributed by atoms with Gasteiger partial charge in [0.05, 0.1) is 0 Å². The minimum atomic E-state index is -4.63. The molecular formula is C27H37ClF2N5O9P. The Bertz CT molecular complexity index is 1420. The minimum absolute atomic E-state index is 0.0750. The summed E-state index contributed by atoms with van der Waals surface area (Å²) in [5.74, 6) is -5.19. The van der Waals surface area contributed by atoms with Gasteiger partial charge in [0.15, 0.2) is 0 Å². The van der Waals surface area contributed by atoms with Gasteiger partial charge in [0.2, 0.25) is 0 Å². The molecule has 5 atom stereocenters. The number of likely N-dealkylation sites (N-methyl/N-ethyl adjacent to an activating group) is 1. The van der Waals surface area contributed by atoms with Crippen LogP contribution in [-0.4, -0.2) is 92.8 Å². The molecule has 1 aromatic carbocycles. The van der Waals surface area contributed by atoms with Crippen LogP contribution in [0.25, 0.3) is 0 Å². The summed E-state index contributed by atoms with van der Waals surface area (Å²) in [7, 11) is -2.84.